The Bertz CT molecular complexity index is 1250. The summed E-state index contributed by atoms with van der Waals surface area (Å²) in [6, 6.07) is 0. The molecule has 0 amide bonds. The number of esters is 2. The number of ether oxygens (including phenoxy) is 2. The number of aliphatic hydroxyl groups excluding tert-OH is 4. The number of hydrogen-bond donors (Lipinski definition) is 4. The molecule has 0 saturated heterocycles. The van der Waals surface area contributed by atoms with Gasteiger partial charge in [0.25, 0.3) is 0 Å². The molecule has 4 N–H and O–H groups in total. The summed E-state index contributed by atoms with van der Waals surface area (Å²) in [7, 11) is 0. The molecule has 4 fully saturated rings. The van der Waals surface area contributed by atoms with Crippen LogP contribution in [0.2, 0.25) is 0 Å². The molecule has 4 rings (SSSR count). The number of rotatable bonds is 13. The minimum absolute atomic E-state index is 0.103. The van der Waals surface area contributed by atoms with E-state index in [1.54, 1.807) is 12.2 Å². The number of carbonyl (C=O) groups excluding carboxylic acids is 2. The van der Waals surface area contributed by atoms with Gasteiger partial charge in [0.1, 0.15) is 6.10 Å². The smallest absolute Gasteiger partial charge is 0.306 e. The van der Waals surface area contributed by atoms with E-state index in [1.807, 2.05) is 19.9 Å². The lowest BCUT2D eigenvalue weighted by atomic mass is 9.35. The van der Waals surface area contributed by atoms with E-state index in [9.17, 15) is 30.0 Å². The Balaban J connectivity index is 1.71. The monoisotopic (exact) mass is 686 g/mol. The fraction of sp³-hybridized carbons (Fsp3) is 0.805. The fourth-order valence-corrected chi connectivity index (χ4v) is 11.7. The lowest BCUT2D eigenvalue weighted by Crippen LogP contribution is -2.70. The van der Waals surface area contributed by atoms with E-state index in [4.69, 9.17) is 9.47 Å². The molecule has 278 valence electrons. The highest BCUT2D eigenvalue weighted by molar-refractivity contribution is 5.70. The maximum absolute atomic E-state index is 13.0. The van der Waals surface area contributed by atoms with Gasteiger partial charge in [-0.25, -0.2) is 0 Å². The molecule has 0 aromatic heterocycles. The van der Waals surface area contributed by atoms with Crippen LogP contribution in [0.5, 0.6) is 0 Å². The standard InChI is InChI=1S/C41H66O8/c1-10-13-16-32(45)48-26-39(8)28-18-21-40(9,29(15-12-3)38(28,7)20-19-30(39)43)37(6)23-27-22-36(4,5)34(47)35(49-33(46)17-14-11-2)41(27,25-42)31(44)24-37/h10-12,27-31,34-35,42-44,47H,1-3,13-26H2,4-9H3/t27?,28?,29?,30-,31+,34-,35-,37-,38-,39+,40+,41-/m0/s1. The van der Waals surface area contributed by atoms with Crippen molar-refractivity contribution in [3.63, 3.8) is 0 Å². The van der Waals surface area contributed by atoms with Gasteiger partial charge in [-0.15, -0.1) is 19.7 Å². The van der Waals surface area contributed by atoms with E-state index in [0.717, 1.165) is 25.7 Å². The average Bonchev–Trinajstić information content (AvgIpc) is 3.04. The van der Waals surface area contributed by atoms with Crippen molar-refractivity contribution in [2.45, 2.75) is 143 Å². The van der Waals surface area contributed by atoms with Crippen LogP contribution in [0.15, 0.2) is 38.0 Å². The Labute approximate surface area is 295 Å². The molecule has 4 saturated carbocycles. The second kappa shape index (κ2) is 14.6. The number of carbonyl (C=O) groups is 2. The minimum Gasteiger partial charge on any atom is -0.465 e. The van der Waals surface area contributed by atoms with Gasteiger partial charge >= 0.3 is 11.9 Å². The summed E-state index contributed by atoms with van der Waals surface area (Å²) >= 11 is 0. The van der Waals surface area contributed by atoms with Crippen LogP contribution in [-0.2, 0) is 19.1 Å². The molecule has 12 atom stereocenters. The van der Waals surface area contributed by atoms with Gasteiger partial charge in [0.15, 0.2) is 0 Å². The Kier molecular flexibility index (Phi) is 11.8. The summed E-state index contributed by atoms with van der Waals surface area (Å²) in [4.78, 5) is 25.6. The molecule has 4 aliphatic rings. The summed E-state index contributed by atoms with van der Waals surface area (Å²) in [5.41, 5.74) is -3.23. The van der Waals surface area contributed by atoms with Gasteiger partial charge in [0, 0.05) is 18.3 Å². The molecule has 49 heavy (non-hydrogen) atoms. The summed E-state index contributed by atoms with van der Waals surface area (Å²) in [6.45, 7) is 24.4. The number of fused-ring (bicyclic) bond motifs is 2. The fourth-order valence-electron chi connectivity index (χ4n) is 11.7. The maximum Gasteiger partial charge on any atom is 0.306 e. The molecule has 0 spiro atoms. The van der Waals surface area contributed by atoms with Crippen LogP contribution in [0.1, 0.15) is 119 Å². The second-order valence-electron chi connectivity index (χ2n) is 18.0. The van der Waals surface area contributed by atoms with Crippen LogP contribution in [0.25, 0.3) is 0 Å². The van der Waals surface area contributed by atoms with Crippen molar-refractivity contribution >= 4 is 11.9 Å². The largest absolute Gasteiger partial charge is 0.465 e. The van der Waals surface area contributed by atoms with Crippen LogP contribution < -0.4 is 0 Å². The Morgan fingerprint density at radius 3 is 2.04 bits per heavy atom. The molecule has 3 unspecified atom stereocenters. The van der Waals surface area contributed by atoms with Gasteiger partial charge in [0.2, 0.25) is 0 Å². The molecular weight excluding hydrogens is 620 g/mol. The zero-order valence-electron chi connectivity index (χ0n) is 31.2. The zero-order chi connectivity index (χ0) is 36.6. The minimum atomic E-state index is -1.19. The van der Waals surface area contributed by atoms with Crippen LogP contribution in [0.4, 0.5) is 0 Å². The molecule has 0 radical (unpaired) electrons. The first-order valence-electron chi connectivity index (χ1n) is 18.7. The quantitative estimate of drug-likeness (QED) is 0.124. The van der Waals surface area contributed by atoms with Gasteiger partial charge < -0.3 is 29.9 Å². The van der Waals surface area contributed by atoms with Crippen molar-refractivity contribution in [1.29, 1.82) is 0 Å². The van der Waals surface area contributed by atoms with Crippen molar-refractivity contribution in [1.82, 2.24) is 0 Å². The van der Waals surface area contributed by atoms with Crippen LogP contribution in [0, 0.1) is 50.2 Å². The first kappa shape index (κ1) is 39.8. The Morgan fingerprint density at radius 1 is 0.816 bits per heavy atom. The first-order chi connectivity index (χ1) is 22.9. The van der Waals surface area contributed by atoms with Crippen molar-refractivity contribution in [3.05, 3.63) is 38.0 Å². The first-order valence-corrected chi connectivity index (χ1v) is 18.7. The van der Waals surface area contributed by atoms with E-state index >= 15 is 0 Å². The number of aliphatic hydroxyl groups is 4. The normalized spacial score (nSPS) is 44.5. The number of allylic oxidation sites excluding steroid dienone is 3. The SMILES string of the molecule is C=CCCC(=O)OC[C@]1(C)C2CC[C@@](C)([C@@]3(C)CC4CC(C)(C)[C@@H](O)[C@H](OC(=O)CCC=C)[C@]4(CO)[C@H](O)C3)C(CC=C)[C@@]2(C)CC[C@@H]1O. The number of hydrogen-bond acceptors (Lipinski definition) is 8. The van der Waals surface area contributed by atoms with Crippen molar-refractivity contribution in [2.24, 2.45) is 50.2 Å². The predicted octanol–water partition coefficient (Wildman–Crippen LogP) is 6.70. The average molecular weight is 687 g/mol. The summed E-state index contributed by atoms with van der Waals surface area (Å²) in [5.74, 6) is -0.682. The highest BCUT2D eigenvalue weighted by Crippen LogP contribution is 2.73. The molecule has 4 aliphatic carbocycles. The Morgan fingerprint density at radius 2 is 1.45 bits per heavy atom. The maximum atomic E-state index is 13.0. The third-order valence-electron chi connectivity index (χ3n) is 14.9. The molecule has 0 heterocycles. The molecule has 8 nitrogen and oxygen atoms in total. The summed E-state index contributed by atoms with van der Waals surface area (Å²) in [6.07, 6.45) is 8.64. The van der Waals surface area contributed by atoms with Crippen LogP contribution in [-0.4, -0.2) is 70.0 Å². The molecule has 0 aromatic carbocycles. The zero-order valence-corrected chi connectivity index (χ0v) is 31.2. The van der Waals surface area contributed by atoms with E-state index in [1.165, 1.54) is 0 Å². The highest BCUT2D eigenvalue weighted by Gasteiger charge is 2.70. The van der Waals surface area contributed by atoms with E-state index in [-0.39, 0.29) is 59.4 Å². The van der Waals surface area contributed by atoms with E-state index in [0.29, 0.717) is 38.5 Å². The predicted molar refractivity (Wildman–Crippen MR) is 191 cm³/mol. The van der Waals surface area contributed by atoms with Crippen LogP contribution >= 0.6 is 0 Å². The topological polar surface area (TPSA) is 134 Å². The van der Waals surface area contributed by atoms with Crippen molar-refractivity contribution < 1.29 is 39.5 Å². The molecule has 8 heteroatoms. The van der Waals surface area contributed by atoms with Gasteiger partial charge in [0.05, 0.1) is 36.9 Å². The van der Waals surface area contributed by atoms with E-state index < -0.39 is 53.2 Å². The molecule has 0 aliphatic heterocycles. The third kappa shape index (κ3) is 6.62. The van der Waals surface area contributed by atoms with Crippen LogP contribution in [0.3, 0.4) is 0 Å². The van der Waals surface area contributed by atoms with Gasteiger partial charge in [-0.05, 0) is 104 Å². The Hall–Kier alpha value is -2.00. The van der Waals surface area contributed by atoms with Gasteiger partial charge in [-0.2, -0.15) is 0 Å². The lowest BCUT2D eigenvalue weighted by Gasteiger charge is -2.70. The van der Waals surface area contributed by atoms with Gasteiger partial charge in [-0.3, -0.25) is 9.59 Å². The van der Waals surface area contributed by atoms with E-state index in [2.05, 4.69) is 47.4 Å². The second-order valence-corrected chi connectivity index (χ2v) is 18.0. The van der Waals surface area contributed by atoms with Crippen molar-refractivity contribution in [3.8, 4) is 0 Å². The lowest BCUT2D eigenvalue weighted by molar-refractivity contribution is -0.279. The summed E-state index contributed by atoms with van der Waals surface area (Å²) in [5, 5.41) is 46.6. The summed E-state index contributed by atoms with van der Waals surface area (Å²) < 4.78 is 11.9. The van der Waals surface area contributed by atoms with Crippen molar-refractivity contribution in [2.75, 3.05) is 13.2 Å². The molecule has 0 aromatic rings. The highest BCUT2D eigenvalue weighted by atomic mass is 16.6. The van der Waals surface area contributed by atoms with Gasteiger partial charge in [-0.1, -0.05) is 59.8 Å². The molecule has 0 bridgehead atoms. The molecular formula is C41H66O8. The third-order valence-corrected chi connectivity index (χ3v) is 14.9.